The number of nitrogens with one attached hydrogen (secondary N) is 2. The molecule has 1 aliphatic rings. The normalized spacial score (nSPS) is 12.3. The zero-order chi connectivity index (χ0) is 22.0. The van der Waals surface area contributed by atoms with E-state index in [0.29, 0.717) is 34.1 Å². The zero-order valence-electron chi connectivity index (χ0n) is 15.9. The van der Waals surface area contributed by atoms with Gasteiger partial charge in [0.05, 0.1) is 17.1 Å². The van der Waals surface area contributed by atoms with Crippen molar-refractivity contribution in [2.24, 2.45) is 10.8 Å². The summed E-state index contributed by atoms with van der Waals surface area (Å²) in [5, 5.41) is 33.5. The Balaban J connectivity index is 1.69. The van der Waals surface area contributed by atoms with Crippen molar-refractivity contribution in [1.82, 2.24) is 9.78 Å². The van der Waals surface area contributed by atoms with Crippen molar-refractivity contribution < 1.29 is 19.4 Å². The molecule has 0 fully saturated rings. The first-order valence-corrected chi connectivity index (χ1v) is 8.88. The lowest BCUT2D eigenvalue weighted by Crippen LogP contribution is -2.21. The number of carboxylic acids is 1. The van der Waals surface area contributed by atoms with Crippen LogP contribution in [0, 0.1) is 16.7 Å². The second-order valence-electron chi connectivity index (χ2n) is 6.34. The molecule has 0 amide bonds. The van der Waals surface area contributed by atoms with Crippen LogP contribution in [-0.4, -0.2) is 39.2 Å². The molecule has 4 rings (SSSR count). The highest BCUT2D eigenvalue weighted by atomic mass is 16.7. The van der Waals surface area contributed by atoms with Crippen molar-refractivity contribution in [2.75, 3.05) is 12.2 Å². The van der Waals surface area contributed by atoms with Crippen LogP contribution in [0.15, 0.2) is 53.6 Å². The number of rotatable bonds is 6. The third kappa shape index (κ3) is 3.85. The maximum atomic E-state index is 11.5. The molecule has 5 N–H and O–H groups in total. The SMILES string of the molecule is N#C/C(=N\Nc1ccc(-n2nc(C(=O)O)cc2-c2ccc3c(c2)OCO3)cc1)C(=N)N. The molecule has 11 nitrogen and oxygen atoms in total. The number of hydrogen-bond donors (Lipinski definition) is 4. The van der Waals surface area contributed by atoms with Crippen LogP contribution in [0.3, 0.4) is 0 Å². The molecular formula is C20H15N7O4. The number of aromatic nitrogens is 2. The van der Waals surface area contributed by atoms with Gasteiger partial charge in [-0.1, -0.05) is 0 Å². The van der Waals surface area contributed by atoms with Crippen molar-refractivity contribution in [3.8, 4) is 34.5 Å². The van der Waals surface area contributed by atoms with Gasteiger partial charge < -0.3 is 20.3 Å². The molecular weight excluding hydrogens is 402 g/mol. The number of anilines is 1. The van der Waals surface area contributed by atoms with Crippen LogP contribution in [0.25, 0.3) is 16.9 Å². The number of hydrogen-bond acceptors (Lipinski definition) is 8. The minimum Gasteiger partial charge on any atom is -0.476 e. The van der Waals surface area contributed by atoms with Crippen LogP contribution in [-0.2, 0) is 0 Å². The smallest absolute Gasteiger partial charge is 0.356 e. The minimum absolute atomic E-state index is 0.111. The Morgan fingerprint density at radius 1 is 1.23 bits per heavy atom. The van der Waals surface area contributed by atoms with Crippen LogP contribution < -0.4 is 20.6 Å². The number of carboxylic acid groups (broad SMARTS) is 1. The fourth-order valence-corrected chi connectivity index (χ4v) is 2.89. The first-order valence-electron chi connectivity index (χ1n) is 8.88. The number of amidine groups is 1. The molecule has 154 valence electrons. The summed E-state index contributed by atoms with van der Waals surface area (Å²) in [7, 11) is 0. The zero-order valence-corrected chi connectivity index (χ0v) is 15.9. The number of nitrogens with zero attached hydrogens (tertiary/aromatic N) is 4. The molecule has 0 aliphatic carbocycles. The van der Waals surface area contributed by atoms with Crippen molar-refractivity contribution in [2.45, 2.75) is 0 Å². The van der Waals surface area contributed by atoms with Crippen LogP contribution in [0.5, 0.6) is 11.5 Å². The van der Waals surface area contributed by atoms with Gasteiger partial charge in [0.2, 0.25) is 12.5 Å². The molecule has 3 aromatic rings. The van der Waals surface area contributed by atoms with E-state index in [0.717, 1.165) is 0 Å². The van der Waals surface area contributed by atoms with E-state index in [9.17, 15) is 9.90 Å². The van der Waals surface area contributed by atoms with Gasteiger partial charge in [0, 0.05) is 5.56 Å². The highest BCUT2D eigenvalue weighted by Gasteiger charge is 2.19. The summed E-state index contributed by atoms with van der Waals surface area (Å²) < 4.78 is 12.2. The molecule has 0 saturated carbocycles. The quantitative estimate of drug-likeness (QED) is 0.268. The van der Waals surface area contributed by atoms with Crippen molar-refractivity contribution >= 4 is 23.2 Å². The van der Waals surface area contributed by atoms with Crippen molar-refractivity contribution in [3.63, 3.8) is 0 Å². The molecule has 0 spiro atoms. The summed E-state index contributed by atoms with van der Waals surface area (Å²) in [6.45, 7) is 0.131. The average Bonchev–Trinajstić information content (AvgIpc) is 3.41. The van der Waals surface area contributed by atoms with Crippen LogP contribution in [0.2, 0.25) is 0 Å². The first kappa shape index (κ1) is 19.5. The van der Waals surface area contributed by atoms with E-state index in [1.54, 1.807) is 48.5 Å². The number of hydrazone groups is 1. The van der Waals surface area contributed by atoms with Crippen LogP contribution >= 0.6 is 0 Å². The summed E-state index contributed by atoms with van der Waals surface area (Å²) in [6.07, 6.45) is 0. The summed E-state index contributed by atoms with van der Waals surface area (Å²) in [4.78, 5) is 11.5. The molecule has 2 aromatic carbocycles. The molecule has 0 unspecified atom stereocenters. The molecule has 0 radical (unpaired) electrons. The summed E-state index contributed by atoms with van der Waals surface area (Å²) in [5.41, 5.74) is 9.94. The van der Waals surface area contributed by atoms with E-state index in [2.05, 4.69) is 15.6 Å². The molecule has 31 heavy (non-hydrogen) atoms. The minimum atomic E-state index is -1.15. The lowest BCUT2D eigenvalue weighted by Gasteiger charge is -2.09. The highest BCUT2D eigenvalue weighted by Crippen LogP contribution is 2.36. The molecule has 11 heteroatoms. The van der Waals surface area contributed by atoms with E-state index in [1.165, 1.54) is 10.7 Å². The van der Waals surface area contributed by atoms with Crippen molar-refractivity contribution in [1.29, 1.82) is 10.7 Å². The maximum Gasteiger partial charge on any atom is 0.356 e. The Labute approximate surface area is 175 Å². The molecule has 1 aromatic heterocycles. The van der Waals surface area contributed by atoms with Gasteiger partial charge in [-0.2, -0.15) is 15.5 Å². The van der Waals surface area contributed by atoms with Crippen LogP contribution in [0.4, 0.5) is 5.69 Å². The summed E-state index contributed by atoms with van der Waals surface area (Å²) in [5.74, 6) is -0.413. The molecule has 0 bridgehead atoms. The number of aromatic carboxylic acids is 1. The third-order valence-corrected chi connectivity index (χ3v) is 4.37. The second-order valence-corrected chi connectivity index (χ2v) is 6.34. The Morgan fingerprint density at radius 2 is 1.97 bits per heavy atom. The van der Waals surface area contributed by atoms with Crippen molar-refractivity contribution in [3.05, 3.63) is 54.2 Å². The number of carbonyl (C=O) groups is 1. The van der Waals surface area contributed by atoms with E-state index in [-0.39, 0.29) is 18.2 Å². The fraction of sp³-hybridized carbons (Fsp3) is 0.0500. The Hall–Kier alpha value is -4.85. The van der Waals surface area contributed by atoms with Crippen LogP contribution in [0.1, 0.15) is 10.5 Å². The maximum absolute atomic E-state index is 11.5. The number of fused-ring (bicyclic) bond motifs is 1. The largest absolute Gasteiger partial charge is 0.476 e. The van der Waals surface area contributed by atoms with Gasteiger partial charge in [0.1, 0.15) is 6.07 Å². The van der Waals surface area contributed by atoms with Gasteiger partial charge in [-0.15, -0.1) is 0 Å². The predicted molar refractivity (Wildman–Crippen MR) is 111 cm³/mol. The summed E-state index contributed by atoms with van der Waals surface area (Å²) in [6, 6.07) is 15.2. The van der Waals surface area contributed by atoms with E-state index < -0.39 is 11.8 Å². The lowest BCUT2D eigenvalue weighted by molar-refractivity contribution is 0.0690. The standard InChI is InChI=1S/C20H15N7O4/c21-9-15(19(22)23)25-24-12-2-4-13(5-3-12)27-16(8-14(26-27)20(28)29)11-1-6-17-18(7-11)31-10-30-17/h1-8,24H,10H2,(H3,22,23)(H,28,29)/b25-15+. The van der Waals surface area contributed by atoms with E-state index in [4.69, 9.17) is 25.9 Å². The van der Waals surface area contributed by atoms with E-state index >= 15 is 0 Å². The van der Waals surface area contributed by atoms with Gasteiger partial charge in [-0.3, -0.25) is 10.8 Å². The van der Waals surface area contributed by atoms with Gasteiger partial charge in [0.15, 0.2) is 23.0 Å². The van der Waals surface area contributed by atoms with Gasteiger partial charge in [-0.05, 0) is 48.5 Å². The second kappa shape index (κ2) is 7.88. The number of nitrogens with two attached hydrogens (primary N) is 1. The highest BCUT2D eigenvalue weighted by molar-refractivity contribution is 6.45. The van der Waals surface area contributed by atoms with Gasteiger partial charge in [0.25, 0.3) is 0 Å². The number of nitriles is 1. The number of benzene rings is 2. The molecule has 0 atom stereocenters. The molecule has 1 aliphatic heterocycles. The lowest BCUT2D eigenvalue weighted by atomic mass is 10.1. The Morgan fingerprint density at radius 3 is 2.65 bits per heavy atom. The number of ether oxygens (including phenoxy) is 2. The monoisotopic (exact) mass is 417 g/mol. The van der Waals surface area contributed by atoms with Gasteiger partial charge >= 0.3 is 5.97 Å². The average molecular weight is 417 g/mol. The predicted octanol–water partition coefficient (Wildman–Crippen LogP) is 2.19. The molecule has 2 heterocycles. The topological polar surface area (TPSA) is 172 Å². The fourth-order valence-electron chi connectivity index (χ4n) is 2.89. The van der Waals surface area contributed by atoms with E-state index in [1.807, 2.05) is 0 Å². The first-order chi connectivity index (χ1) is 15.0. The Bertz CT molecular complexity index is 1260. The van der Waals surface area contributed by atoms with Gasteiger partial charge in [-0.25, -0.2) is 9.48 Å². The Kier molecular flexibility index (Phi) is 4.95. The third-order valence-electron chi connectivity index (χ3n) is 4.37. The molecule has 0 saturated heterocycles. The summed E-state index contributed by atoms with van der Waals surface area (Å²) >= 11 is 0.